The molecule has 3 heterocycles. The molecule has 2 aliphatic heterocycles. The Morgan fingerprint density at radius 1 is 1.30 bits per heavy atom. The molecule has 3 fully saturated rings. The van der Waals surface area contributed by atoms with E-state index in [1.54, 1.807) is 0 Å². The molecule has 1 saturated carbocycles. The summed E-state index contributed by atoms with van der Waals surface area (Å²) >= 11 is 0. The highest BCUT2D eigenvalue weighted by molar-refractivity contribution is 5.79. The van der Waals surface area contributed by atoms with Gasteiger partial charge >= 0.3 is 0 Å². The molecular formula is C21H34N4O2. The summed E-state index contributed by atoms with van der Waals surface area (Å²) < 4.78 is 7.61. The first-order valence-corrected chi connectivity index (χ1v) is 10.7. The van der Waals surface area contributed by atoms with Gasteiger partial charge < -0.3 is 10.1 Å². The molecule has 1 N–H and O–H groups in total. The molecule has 4 rings (SSSR count). The SMILES string of the molecule is Cc1cc(C)n(CC2(CNC(=O)C3CCCN(C4CCOCC4)C3)CC2)n1. The zero-order valence-corrected chi connectivity index (χ0v) is 16.9. The third kappa shape index (κ3) is 4.54. The van der Waals surface area contributed by atoms with Crippen LogP contribution in [-0.4, -0.2) is 59.5 Å². The zero-order chi connectivity index (χ0) is 18.9. The van der Waals surface area contributed by atoms with Crippen molar-refractivity contribution in [3.63, 3.8) is 0 Å². The number of aryl methyl sites for hydroxylation is 2. The van der Waals surface area contributed by atoms with Crippen molar-refractivity contribution in [3.05, 3.63) is 17.5 Å². The minimum absolute atomic E-state index is 0.145. The van der Waals surface area contributed by atoms with Crippen LogP contribution >= 0.6 is 0 Å². The fraction of sp³-hybridized carbons (Fsp3) is 0.810. The van der Waals surface area contributed by atoms with Crippen LogP contribution in [-0.2, 0) is 16.1 Å². The lowest BCUT2D eigenvalue weighted by molar-refractivity contribution is -0.127. The van der Waals surface area contributed by atoms with Crippen molar-refractivity contribution in [2.75, 3.05) is 32.8 Å². The Morgan fingerprint density at radius 3 is 2.74 bits per heavy atom. The maximum Gasteiger partial charge on any atom is 0.224 e. The van der Waals surface area contributed by atoms with Gasteiger partial charge in [-0.25, -0.2) is 0 Å². The molecule has 1 aliphatic carbocycles. The molecule has 3 aliphatic rings. The highest BCUT2D eigenvalue weighted by atomic mass is 16.5. The minimum Gasteiger partial charge on any atom is -0.381 e. The Morgan fingerprint density at radius 2 is 2.07 bits per heavy atom. The summed E-state index contributed by atoms with van der Waals surface area (Å²) in [5.41, 5.74) is 2.50. The zero-order valence-electron chi connectivity index (χ0n) is 16.9. The van der Waals surface area contributed by atoms with Gasteiger partial charge in [0.15, 0.2) is 0 Å². The average Bonchev–Trinajstić information content (AvgIpc) is 3.38. The van der Waals surface area contributed by atoms with Crippen LogP contribution in [0.4, 0.5) is 0 Å². The highest BCUT2D eigenvalue weighted by Crippen LogP contribution is 2.46. The van der Waals surface area contributed by atoms with E-state index in [0.717, 1.165) is 70.8 Å². The van der Waals surface area contributed by atoms with Gasteiger partial charge in [-0.1, -0.05) is 0 Å². The fourth-order valence-electron chi connectivity index (χ4n) is 4.74. The summed E-state index contributed by atoms with van der Waals surface area (Å²) in [5, 5.41) is 7.89. The number of likely N-dealkylation sites (tertiary alicyclic amines) is 1. The van der Waals surface area contributed by atoms with Crippen molar-refractivity contribution in [2.45, 2.75) is 65.0 Å². The van der Waals surface area contributed by atoms with Crippen LogP contribution < -0.4 is 5.32 Å². The van der Waals surface area contributed by atoms with Gasteiger partial charge in [0.25, 0.3) is 0 Å². The number of nitrogens with one attached hydrogen (secondary N) is 1. The summed E-state index contributed by atoms with van der Waals surface area (Å²) in [6.45, 7) is 9.65. The van der Waals surface area contributed by atoms with E-state index >= 15 is 0 Å². The molecule has 150 valence electrons. The fourth-order valence-corrected chi connectivity index (χ4v) is 4.74. The number of amides is 1. The second kappa shape index (κ2) is 7.92. The number of rotatable bonds is 6. The molecule has 0 aromatic carbocycles. The highest BCUT2D eigenvalue weighted by Gasteiger charge is 2.44. The molecule has 1 aromatic heterocycles. The normalized spacial score (nSPS) is 26.1. The van der Waals surface area contributed by atoms with E-state index in [-0.39, 0.29) is 17.2 Å². The number of carbonyl (C=O) groups excluding carboxylic acids is 1. The number of ether oxygens (including phenoxy) is 1. The van der Waals surface area contributed by atoms with Gasteiger partial charge in [-0.3, -0.25) is 14.4 Å². The third-order valence-electron chi connectivity index (χ3n) is 6.71. The lowest BCUT2D eigenvalue weighted by Crippen LogP contribution is -2.49. The smallest absolute Gasteiger partial charge is 0.224 e. The Bertz CT molecular complexity index is 661. The second-order valence-electron chi connectivity index (χ2n) is 8.98. The van der Waals surface area contributed by atoms with Crippen molar-refractivity contribution < 1.29 is 9.53 Å². The Balaban J connectivity index is 1.28. The molecule has 2 saturated heterocycles. The summed E-state index contributed by atoms with van der Waals surface area (Å²) in [4.78, 5) is 15.4. The topological polar surface area (TPSA) is 59.4 Å². The van der Waals surface area contributed by atoms with E-state index in [9.17, 15) is 4.79 Å². The van der Waals surface area contributed by atoms with E-state index in [1.165, 1.54) is 18.5 Å². The molecule has 0 radical (unpaired) electrons. The second-order valence-corrected chi connectivity index (χ2v) is 8.98. The van der Waals surface area contributed by atoms with Crippen molar-refractivity contribution in [3.8, 4) is 0 Å². The number of carbonyl (C=O) groups is 1. The van der Waals surface area contributed by atoms with E-state index in [2.05, 4.69) is 33.0 Å². The first-order chi connectivity index (χ1) is 13.0. The lowest BCUT2D eigenvalue weighted by Gasteiger charge is -2.39. The number of piperidine rings is 1. The molecule has 6 heteroatoms. The van der Waals surface area contributed by atoms with Crippen LogP contribution in [0.2, 0.25) is 0 Å². The third-order valence-corrected chi connectivity index (χ3v) is 6.71. The van der Waals surface area contributed by atoms with Gasteiger partial charge in [-0.05, 0) is 65.0 Å². The van der Waals surface area contributed by atoms with Crippen LogP contribution in [0.1, 0.15) is 49.9 Å². The molecule has 27 heavy (non-hydrogen) atoms. The lowest BCUT2D eigenvalue weighted by atomic mass is 9.94. The van der Waals surface area contributed by atoms with Gasteiger partial charge in [-0.15, -0.1) is 0 Å². The average molecular weight is 375 g/mol. The van der Waals surface area contributed by atoms with Crippen LogP contribution in [0.3, 0.4) is 0 Å². The molecule has 1 aromatic rings. The van der Waals surface area contributed by atoms with Crippen LogP contribution in [0.5, 0.6) is 0 Å². The summed E-state index contributed by atoms with van der Waals surface area (Å²) in [5.74, 6) is 0.400. The van der Waals surface area contributed by atoms with E-state index < -0.39 is 0 Å². The summed E-state index contributed by atoms with van der Waals surface area (Å²) in [7, 11) is 0. The van der Waals surface area contributed by atoms with Crippen molar-refractivity contribution in [2.24, 2.45) is 11.3 Å². The van der Waals surface area contributed by atoms with E-state index in [1.807, 2.05) is 6.92 Å². The van der Waals surface area contributed by atoms with Crippen LogP contribution in [0.15, 0.2) is 6.07 Å². The largest absolute Gasteiger partial charge is 0.381 e. The molecule has 1 amide bonds. The summed E-state index contributed by atoms with van der Waals surface area (Å²) in [6.07, 6.45) is 6.75. The monoisotopic (exact) mass is 374 g/mol. The maximum absolute atomic E-state index is 12.8. The van der Waals surface area contributed by atoms with Crippen LogP contribution in [0, 0.1) is 25.2 Å². The number of hydrogen-bond acceptors (Lipinski definition) is 4. The van der Waals surface area contributed by atoms with Crippen molar-refractivity contribution in [1.29, 1.82) is 0 Å². The number of nitrogens with zero attached hydrogens (tertiary/aromatic N) is 3. The molecule has 6 nitrogen and oxygen atoms in total. The van der Waals surface area contributed by atoms with Gasteiger partial charge in [-0.2, -0.15) is 5.10 Å². The molecule has 1 atom stereocenters. The van der Waals surface area contributed by atoms with E-state index in [0.29, 0.717) is 6.04 Å². The Labute approximate surface area is 162 Å². The predicted molar refractivity (Wildman–Crippen MR) is 105 cm³/mol. The molecule has 0 spiro atoms. The Kier molecular flexibility index (Phi) is 5.55. The van der Waals surface area contributed by atoms with Gasteiger partial charge in [0.2, 0.25) is 5.91 Å². The summed E-state index contributed by atoms with van der Waals surface area (Å²) in [6, 6.07) is 2.73. The van der Waals surface area contributed by atoms with Gasteiger partial charge in [0.1, 0.15) is 0 Å². The van der Waals surface area contributed by atoms with E-state index in [4.69, 9.17) is 4.74 Å². The predicted octanol–water partition coefficient (Wildman–Crippen LogP) is 2.29. The minimum atomic E-state index is 0.145. The maximum atomic E-state index is 12.8. The van der Waals surface area contributed by atoms with Crippen molar-refractivity contribution >= 4 is 5.91 Å². The quantitative estimate of drug-likeness (QED) is 0.830. The van der Waals surface area contributed by atoms with Gasteiger partial charge in [0.05, 0.1) is 11.6 Å². The first kappa shape index (κ1) is 18.9. The van der Waals surface area contributed by atoms with Gasteiger partial charge in [0, 0.05) is 50.0 Å². The standard InChI is InChI=1S/C21H34N4O2/c1-16-12-17(2)25(23-16)15-21(7-8-21)14-22-20(26)18-4-3-9-24(13-18)19-5-10-27-11-6-19/h12,18-19H,3-11,13-15H2,1-2H3,(H,22,26). The molecular weight excluding hydrogens is 340 g/mol. The number of hydrogen-bond donors (Lipinski definition) is 1. The van der Waals surface area contributed by atoms with Crippen molar-refractivity contribution in [1.82, 2.24) is 20.0 Å². The van der Waals surface area contributed by atoms with Crippen LogP contribution in [0.25, 0.3) is 0 Å². The Hall–Kier alpha value is -1.40. The molecule has 0 bridgehead atoms. The number of aromatic nitrogens is 2. The molecule has 1 unspecified atom stereocenters. The first-order valence-electron chi connectivity index (χ1n) is 10.7.